The molecule has 2 fully saturated rings. The van der Waals surface area contributed by atoms with Crippen molar-refractivity contribution in [2.75, 3.05) is 32.8 Å². The van der Waals surface area contributed by atoms with E-state index < -0.39 is 5.97 Å². The predicted octanol–water partition coefficient (Wildman–Crippen LogP) is -0.702. The van der Waals surface area contributed by atoms with Crippen LogP contribution in [-0.2, 0) is 14.3 Å². The van der Waals surface area contributed by atoms with Crippen LogP contribution in [0.25, 0.3) is 0 Å². The van der Waals surface area contributed by atoms with Crippen molar-refractivity contribution in [3.8, 4) is 0 Å². The summed E-state index contributed by atoms with van der Waals surface area (Å²) in [6.45, 7) is 3.04. The second kappa shape index (κ2) is 5.46. The van der Waals surface area contributed by atoms with Crippen LogP contribution in [0, 0.1) is 5.92 Å². The molecule has 0 radical (unpaired) electrons. The molecule has 17 heavy (non-hydrogen) atoms. The lowest BCUT2D eigenvalue weighted by Gasteiger charge is -2.33. The van der Waals surface area contributed by atoms with E-state index in [2.05, 4.69) is 5.32 Å². The van der Waals surface area contributed by atoms with E-state index in [1.165, 1.54) is 0 Å². The largest absolute Gasteiger partial charge is 0.481 e. The molecule has 0 spiro atoms. The Kier molecular flexibility index (Phi) is 3.96. The first-order valence-corrected chi connectivity index (χ1v) is 5.99. The summed E-state index contributed by atoms with van der Waals surface area (Å²) in [4.78, 5) is 24.5. The molecule has 6 nitrogen and oxygen atoms in total. The van der Waals surface area contributed by atoms with Crippen molar-refractivity contribution in [1.29, 1.82) is 0 Å². The summed E-state index contributed by atoms with van der Waals surface area (Å²) in [7, 11) is 0. The number of carbonyl (C=O) groups excluding carboxylic acids is 1. The lowest BCUT2D eigenvalue weighted by Crippen LogP contribution is -2.48. The lowest BCUT2D eigenvalue weighted by molar-refractivity contribution is -0.149. The monoisotopic (exact) mass is 242 g/mol. The van der Waals surface area contributed by atoms with E-state index in [1.54, 1.807) is 4.90 Å². The fourth-order valence-electron chi connectivity index (χ4n) is 2.36. The molecular formula is C11H18N2O4. The standard InChI is InChI=1S/C11H18N2O4/c14-10(15)5-9-7-13(3-4-17-9)11(16)8-1-2-12-6-8/h8-9,12H,1-7H2,(H,14,15). The van der Waals surface area contributed by atoms with Crippen LogP contribution in [0.15, 0.2) is 0 Å². The second-order valence-corrected chi connectivity index (χ2v) is 4.56. The van der Waals surface area contributed by atoms with Crippen LogP contribution in [0.4, 0.5) is 0 Å². The second-order valence-electron chi connectivity index (χ2n) is 4.56. The van der Waals surface area contributed by atoms with E-state index in [-0.39, 0.29) is 24.3 Å². The molecule has 0 saturated carbocycles. The number of rotatable bonds is 3. The Morgan fingerprint density at radius 3 is 2.94 bits per heavy atom. The molecule has 2 aliphatic rings. The van der Waals surface area contributed by atoms with Gasteiger partial charge in [-0.3, -0.25) is 9.59 Å². The summed E-state index contributed by atoms with van der Waals surface area (Å²) >= 11 is 0. The van der Waals surface area contributed by atoms with E-state index >= 15 is 0 Å². The van der Waals surface area contributed by atoms with Gasteiger partial charge in [-0.15, -0.1) is 0 Å². The van der Waals surface area contributed by atoms with E-state index in [9.17, 15) is 9.59 Å². The van der Waals surface area contributed by atoms with Crippen molar-refractivity contribution in [1.82, 2.24) is 10.2 Å². The number of hydrogen-bond acceptors (Lipinski definition) is 4. The van der Waals surface area contributed by atoms with Crippen LogP contribution in [-0.4, -0.2) is 60.8 Å². The highest BCUT2D eigenvalue weighted by Gasteiger charge is 2.31. The summed E-state index contributed by atoms with van der Waals surface area (Å²) in [5, 5.41) is 11.9. The molecule has 6 heteroatoms. The molecule has 0 aromatic heterocycles. The molecule has 2 unspecified atom stereocenters. The molecule has 0 aromatic carbocycles. The van der Waals surface area contributed by atoms with Crippen molar-refractivity contribution in [2.45, 2.75) is 18.9 Å². The highest BCUT2D eigenvalue weighted by Crippen LogP contribution is 2.16. The Hall–Kier alpha value is -1.14. The van der Waals surface area contributed by atoms with Gasteiger partial charge in [0, 0.05) is 19.6 Å². The van der Waals surface area contributed by atoms with E-state index in [0.717, 1.165) is 19.5 Å². The average molecular weight is 242 g/mol. The van der Waals surface area contributed by atoms with Crippen LogP contribution in [0.5, 0.6) is 0 Å². The first kappa shape index (κ1) is 12.3. The number of morpholine rings is 1. The minimum absolute atomic E-state index is 0.0350. The van der Waals surface area contributed by atoms with Gasteiger partial charge in [0.25, 0.3) is 0 Å². The van der Waals surface area contributed by atoms with E-state index in [4.69, 9.17) is 9.84 Å². The maximum atomic E-state index is 12.1. The van der Waals surface area contributed by atoms with Crippen molar-refractivity contribution in [3.63, 3.8) is 0 Å². The SMILES string of the molecule is O=C(O)CC1CN(C(=O)C2CCNC2)CCO1. The highest BCUT2D eigenvalue weighted by molar-refractivity contribution is 5.79. The van der Waals surface area contributed by atoms with Gasteiger partial charge in [-0.05, 0) is 13.0 Å². The average Bonchev–Trinajstić information content (AvgIpc) is 2.81. The topological polar surface area (TPSA) is 78.9 Å². The molecule has 0 aliphatic carbocycles. The van der Waals surface area contributed by atoms with Crippen LogP contribution in [0.2, 0.25) is 0 Å². The summed E-state index contributed by atoms with van der Waals surface area (Å²) in [5.41, 5.74) is 0. The number of aliphatic carboxylic acids is 1. The zero-order valence-electron chi connectivity index (χ0n) is 9.72. The Balaban J connectivity index is 1.87. The maximum absolute atomic E-state index is 12.1. The molecule has 96 valence electrons. The summed E-state index contributed by atoms with van der Waals surface area (Å²) in [6.07, 6.45) is 0.478. The van der Waals surface area contributed by atoms with Crippen LogP contribution < -0.4 is 5.32 Å². The van der Waals surface area contributed by atoms with E-state index in [1.807, 2.05) is 0 Å². The van der Waals surface area contributed by atoms with Crippen molar-refractivity contribution in [2.24, 2.45) is 5.92 Å². The number of nitrogens with one attached hydrogen (secondary N) is 1. The minimum atomic E-state index is -0.883. The molecule has 2 atom stereocenters. The number of carboxylic acids is 1. The molecule has 2 N–H and O–H groups in total. The third-order valence-corrected chi connectivity index (χ3v) is 3.26. The predicted molar refractivity (Wildman–Crippen MR) is 59.5 cm³/mol. The molecule has 2 heterocycles. The van der Waals surface area contributed by atoms with Gasteiger partial charge >= 0.3 is 5.97 Å². The van der Waals surface area contributed by atoms with Gasteiger partial charge in [-0.25, -0.2) is 0 Å². The van der Waals surface area contributed by atoms with Gasteiger partial charge in [-0.1, -0.05) is 0 Å². The smallest absolute Gasteiger partial charge is 0.306 e. The fraction of sp³-hybridized carbons (Fsp3) is 0.818. The first-order chi connectivity index (χ1) is 8.16. The number of hydrogen-bond donors (Lipinski definition) is 2. The van der Waals surface area contributed by atoms with Gasteiger partial charge in [0.1, 0.15) is 0 Å². The van der Waals surface area contributed by atoms with Gasteiger partial charge < -0.3 is 20.1 Å². The number of amides is 1. The Bertz CT molecular complexity index is 302. The van der Waals surface area contributed by atoms with Crippen molar-refractivity contribution >= 4 is 11.9 Å². The first-order valence-electron chi connectivity index (χ1n) is 5.99. The lowest BCUT2D eigenvalue weighted by atomic mass is 10.1. The molecule has 0 aromatic rings. The Labute approximate surface area is 99.9 Å². The Morgan fingerprint density at radius 1 is 1.47 bits per heavy atom. The van der Waals surface area contributed by atoms with Gasteiger partial charge in [-0.2, -0.15) is 0 Å². The summed E-state index contributed by atoms with van der Waals surface area (Å²) in [6, 6.07) is 0. The summed E-state index contributed by atoms with van der Waals surface area (Å²) < 4.78 is 5.34. The van der Waals surface area contributed by atoms with E-state index in [0.29, 0.717) is 19.7 Å². The number of carboxylic acid groups (broad SMARTS) is 1. The van der Waals surface area contributed by atoms with Crippen LogP contribution in [0.1, 0.15) is 12.8 Å². The number of carbonyl (C=O) groups is 2. The molecule has 2 saturated heterocycles. The third kappa shape index (κ3) is 3.17. The quantitative estimate of drug-likeness (QED) is 0.684. The van der Waals surface area contributed by atoms with Crippen molar-refractivity contribution < 1.29 is 19.4 Å². The molecule has 2 aliphatic heterocycles. The molecule has 2 rings (SSSR count). The maximum Gasteiger partial charge on any atom is 0.306 e. The normalized spacial score (nSPS) is 29.3. The molecule has 0 bridgehead atoms. The van der Waals surface area contributed by atoms with Gasteiger partial charge in [0.05, 0.1) is 25.0 Å². The Morgan fingerprint density at radius 2 is 2.29 bits per heavy atom. The van der Waals surface area contributed by atoms with Gasteiger partial charge in [0.2, 0.25) is 5.91 Å². The van der Waals surface area contributed by atoms with Gasteiger partial charge in [0.15, 0.2) is 0 Å². The van der Waals surface area contributed by atoms with Crippen LogP contribution in [0.3, 0.4) is 0 Å². The molecule has 1 amide bonds. The van der Waals surface area contributed by atoms with Crippen LogP contribution >= 0.6 is 0 Å². The molecular weight excluding hydrogens is 224 g/mol. The zero-order valence-corrected chi connectivity index (χ0v) is 9.72. The minimum Gasteiger partial charge on any atom is -0.481 e. The third-order valence-electron chi connectivity index (χ3n) is 3.26. The number of nitrogens with zero attached hydrogens (tertiary/aromatic N) is 1. The zero-order chi connectivity index (χ0) is 12.3. The highest BCUT2D eigenvalue weighted by atomic mass is 16.5. The van der Waals surface area contributed by atoms with Crippen molar-refractivity contribution in [3.05, 3.63) is 0 Å². The number of ether oxygens (including phenoxy) is 1. The summed E-state index contributed by atoms with van der Waals surface area (Å²) in [5.74, 6) is -0.695. The fourth-order valence-corrected chi connectivity index (χ4v) is 2.36.